The van der Waals surface area contributed by atoms with E-state index in [1.807, 2.05) is 0 Å². The van der Waals surface area contributed by atoms with Gasteiger partial charge in [0.1, 0.15) is 0 Å². The van der Waals surface area contributed by atoms with E-state index in [9.17, 15) is 5.11 Å². The second-order valence-corrected chi connectivity index (χ2v) is 6.62. The van der Waals surface area contributed by atoms with E-state index in [4.69, 9.17) is 0 Å². The van der Waals surface area contributed by atoms with Crippen LogP contribution in [-0.4, -0.2) is 11.2 Å². The third kappa shape index (κ3) is 1.40. The van der Waals surface area contributed by atoms with Crippen LogP contribution in [0, 0.1) is 23.2 Å². The molecule has 1 heteroatoms. The van der Waals surface area contributed by atoms with Gasteiger partial charge in [0.15, 0.2) is 0 Å². The molecule has 1 nitrogen and oxygen atoms in total. The first kappa shape index (κ1) is 11.1. The van der Waals surface area contributed by atoms with E-state index in [2.05, 4.69) is 6.92 Å². The molecule has 0 aromatic rings. The van der Waals surface area contributed by atoms with E-state index in [-0.39, 0.29) is 6.10 Å². The minimum Gasteiger partial charge on any atom is -0.393 e. The summed E-state index contributed by atoms with van der Waals surface area (Å²) in [6, 6.07) is 0. The van der Waals surface area contributed by atoms with E-state index in [1.165, 1.54) is 57.8 Å². The summed E-state index contributed by atoms with van der Waals surface area (Å²) in [6.07, 6.45) is 12.6. The highest BCUT2D eigenvalue weighted by Gasteiger charge is 2.57. The van der Waals surface area contributed by atoms with Gasteiger partial charge in [0, 0.05) is 5.41 Å². The summed E-state index contributed by atoms with van der Waals surface area (Å²) in [6.45, 7) is 2.08. The molecule has 3 aliphatic carbocycles. The maximum Gasteiger partial charge on any atom is 0.0573 e. The fraction of sp³-hybridized carbons (Fsp3) is 1.00. The average Bonchev–Trinajstić information content (AvgIpc) is 2.64. The van der Waals surface area contributed by atoms with Gasteiger partial charge in [-0.15, -0.1) is 0 Å². The van der Waals surface area contributed by atoms with Gasteiger partial charge in [0.25, 0.3) is 0 Å². The molecule has 0 aliphatic heterocycles. The second-order valence-electron chi connectivity index (χ2n) is 6.62. The first-order valence-electron chi connectivity index (χ1n) is 7.43. The van der Waals surface area contributed by atoms with Crippen LogP contribution in [0.25, 0.3) is 0 Å². The third-order valence-corrected chi connectivity index (χ3v) is 6.14. The fourth-order valence-corrected chi connectivity index (χ4v) is 5.54. The molecule has 0 saturated heterocycles. The van der Waals surface area contributed by atoms with Crippen LogP contribution in [-0.2, 0) is 0 Å². The number of hydrogen-bond donors (Lipinski definition) is 1. The van der Waals surface area contributed by atoms with Gasteiger partial charge in [0.2, 0.25) is 0 Å². The van der Waals surface area contributed by atoms with Crippen molar-refractivity contribution in [3.05, 3.63) is 0 Å². The Hall–Kier alpha value is -0.0400. The molecule has 0 radical (unpaired) electrons. The normalized spacial score (nSPS) is 49.5. The topological polar surface area (TPSA) is 20.2 Å². The highest BCUT2D eigenvalue weighted by molar-refractivity contribution is 5.06. The van der Waals surface area contributed by atoms with Gasteiger partial charge in [0.05, 0.1) is 6.10 Å². The highest BCUT2D eigenvalue weighted by atomic mass is 16.3. The van der Waals surface area contributed by atoms with Crippen molar-refractivity contribution in [1.82, 2.24) is 0 Å². The molecular weight excluding hydrogens is 196 g/mol. The summed E-state index contributed by atoms with van der Waals surface area (Å²) < 4.78 is 0. The zero-order valence-corrected chi connectivity index (χ0v) is 10.6. The summed E-state index contributed by atoms with van der Waals surface area (Å²) in [4.78, 5) is 0. The van der Waals surface area contributed by atoms with Crippen molar-refractivity contribution in [2.24, 2.45) is 23.2 Å². The van der Waals surface area contributed by atoms with Crippen molar-refractivity contribution in [3.8, 4) is 0 Å². The maximum absolute atomic E-state index is 10.4. The van der Waals surface area contributed by atoms with Gasteiger partial charge < -0.3 is 5.11 Å². The zero-order chi connectivity index (χ0) is 11.2. The summed E-state index contributed by atoms with van der Waals surface area (Å²) in [5.41, 5.74) is 0.337. The summed E-state index contributed by atoms with van der Waals surface area (Å²) >= 11 is 0. The summed E-state index contributed by atoms with van der Waals surface area (Å²) in [7, 11) is 0. The molecule has 0 spiro atoms. The molecule has 3 rings (SSSR count). The summed E-state index contributed by atoms with van der Waals surface area (Å²) in [5.74, 6) is 2.69. The molecule has 3 fully saturated rings. The molecule has 3 saturated carbocycles. The Morgan fingerprint density at radius 3 is 2.62 bits per heavy atom. The lowest BCUT2D eigenvalue weighted by Gasteiger charge is -2.47. The Morgan fingerprint density at radius 2 is 1.81 bits per heavy atom. The van der Waals surface area contributed by atoms with Crippen LogP contribution in [0.5, 0.6) is 0 Å². The molecule has 5 atom stereocenters. The molecule has 1 N–H and O–H groups in total. The molecule has 0 heterocycles. The zero-order valence-electron chi connectivity index (χ0n) is 10.6. The molecular formula is C15H26O. The van der Waals surface area contributed by atoms with Gasteiger partial charge >= 0.3 is 0 Å². The van der Waals surface area contributed by atoms with Gasteiger partial charge in [-0.05, 0) is 50.4 Å². The van der Waals surface area contributed by atoms with E-state index in [0.717, 1.165) is 17.8 Å². The fourth-order valence-electron chi connectivity index (χ4n) is 5.54. The van der Waals surface area contributed by atoms with Crippen LogP contribution in [0.4, 0.5) is 0 Å². The van der Waals surface area contributed by atoms with Crippen molar-refractivity contribution in [2.75, 3.05) is 0 Å². The second kappa shape index (κ2) is 4.01. The highest BCUT2D eigenvalue weighted by Crippen LogP contribution is 2.63. The molecule has 0 aromatic heterocycles. The maximum atomic E-state index is 10.4. The minimum atomic E-state index is -0.0640. The molecule has 0 amide bonds. The predicted molar refractivity (Wildman–Crippen MR) is 66.1 cm³/mol. The molecule has 0 aromatic carbocycles. The Morgan fingerprint density at radius 1 is 1.06 bits per heavy atom. The number of aliphatic hydroxyl groups is 1. The monoisotopic (exact) mass is 222 g/mol. The lowest BCUT2D eigenvalue weighted by atomic mass is 9.59. The Labute approximate surface area is 99.6 Å². The molecule has 3 aliphatic rings. The van der Waals surface area contributed by atoms with E-state index >= 15 is 0 Å². The van der Waals surface area contributed by atoms with Crippen LogP contribution in [0.3, 0.4) is 0 Å². The number of rotatable bonds is 1. The quantitative estimate of drug-likeness (QED) is 0.716. The number of aliphatic hydroxyl groups excluding tert-OH is 1. The van der Waals surface area contributed by atoms with Crippen molar-refractivity contribution < 1.29 is 5.11 Å². The van der Waals surface area contributed by atoms with Crippen molar-refractivity contribution in [2.45, 2.75) is 70.8 Å². The van der Waals surface area contributed by atoms with E-state index in [1.54, 1.807) is 0 Å². The van der Waals surface area contributed by atoms with Gasteiger partial charge in [-0.2, -0.15) is 0 Å². The van der Waals surface area contributed by atoms with E-state index < -0.39 is 0 Å². The first-order valence-corrected chi connectivity index (χ1v) is 7.43. The SMILES string of the molecule is CC(O)C12CCCCC1CC1CCCCC12. The van der Waals surface area contributed by atoms with Crippen LogP contribution in [0.15, 0.2) is 0 Å². The predicted octanol–water partition coefficient (Wildman–Crippen LogP) is 3.75. The molecule has 92 valence electrons. The van der Waals surface area contributed by atoms with Crippen molar-refractivity contribution in [3.63, 3.8) is 0 Å². The molecule has 0 bridgehead atoms. The lowest BCUT2D eigenvalue weighted by Crippen LogP contribution is -2.45. The number of fused-ring (bicyclic) bond motifs is 3. The number of hydrogen-bond acceptors (Lipinski definition) is 1. The molecule has 16 heavy (non-hydrogen) atoms. The first-order chi connectivity index (χ1) is 7.75. The summed E-state index contributed by atoms with van der Waals surface area (Å²) in [5, 5.41) is 10.4. The third-order valence-electron chi connectivity index (χ3n) is 6.14. The van der Waals surface area contributed by atoms with Gasteiger partial charge in [-0.25, -0.2) is 0 Å². The van der Waals surface area contributed by atoms with Crippen molar-refractivity contribution in [1.29, 1.82) is 0 Å². The Kier molecular flexibility index (Phi) is 2.78. The molecule has 5 unspecified atom stereocenters. The van der Waals surface area contributed by atoms with Crippen LogP contribution < -0.4 is 0 Å². The van der Waals surface area contributed by atoms with E-state index in [0.29, 0.717) is 5.41 Å². The standard InChI is InChI=1S/C15H26O/c1-11(16)15-9-5-4-7-13(15)10-12-6-2-3-8-14(12)15/h11-14,16H,2-10H2,1H3. The van der Waals surface area contributed by atoms with Crippen LogP contribution >= 0.6 is 0 Å². The Bertz CT molecular complexity index is 260. The Balaban J connectivity index is 1.93. The van der Waals surface area contributed by atoms with Gasteiger partial charge in [-0.3, -0.25) is 0 Å². The van der Waals surface area contributed by atoms with Crippen LogP contribution in [0.2, 0.25) is 0 Å². The largest absolute Gasteiger partial charge is 0.393 e. The lowest BCUT2D eigenvalue weighted by molar-refractivity contribution is -0.0610. The minimum absolute atomic E-state index is 0.0640. The average molecular weight is 222 g/mol. The van der Waals surface area contributed by atoms with Gasteiger partial charge in [-0.1, -0.05) is 32.1 Å². The smallest absolute Gasteiger partial charge is 0.0573 e. The van der Waals surface area contributed by atoms with Crippen LogP contribution in [0.1, 0.15) is 64.7 Å². The van der Waals surface area contributed by atoms with Crippen molar-refractivity contribution >= 4 is 0 Å².